The molecule has 1 aliphatic rings. The fourth-order valence-corrected chi connectivity index (χ4v) is 4.37. The van der Waals surface area contributed by atoms with Crippen molar-refractivity contribution in [2.24, 2.45) is 0 Å². The van der Waals surface area contributed by atoms with Gasteiger partial charge in [0.1, 0.15) is 0 Å². The van der Waals surface area contributed by atoms with E-state index in [1.54, 1.807) is 0 Å². The maximum Gasteiger partial charge on any atom is 0.0776 e. The number of anilines is 1. The Morgan fingerprint density at radius 1 is 0.742 bits per heavy atom. The lowest BCUT2D eigenvalue weighted by Crippen LogP contribution is -2.49. The molecule has 1 heterocycles. The van der Waals surface area contributed by atoms with Crippen molar-refractivity contribution in [3.8, 4) is 0 Å². The number of rotatable bonds is 6. The Hall–Kier alpha value is -1.75. The second kappa shape index (κ2) is 12.3. The predicted octanol–water partition coefficient (Wildman–Crippen LogP) is 5.50. The van der Waals surface area contributed by atoms with E-state index >= 15 is 0 Å². The Morgan fingerprint density at radius 2 is 1.29 bits per heavy atom. The summed E-state index contributed by atoms with van der Waals surface area (Å²) in [7, 11) is 0. The lowest BCUT2D eigenvalue weighted by atomic mass is 9.86. The molecular weight excluding hydrogens is 451 g/mol. The minimum atomic E-state index is -0.461. The van der Waals surface area contributed by atoms with Crippen LogP contribution < -0.4 is 4.90 Å². The van der Waals surface area contributed by atoms with Gasteiger partial charge >= 0.3 is 0 Å². The molecule has 1 fully saturated rings. The van der Waals surface area contributed by atoms with Gasteiger partial charge in [-0.15, -0.1) is 24.8 Å². The standard InChI is InChI=1S/C25H27ClN2O.2ClH/c26-22-12-7-13-23(18-22)28-16-14-27(15-17-28)19-24(29)25(20-8-3-1-4-9-20)21-10-5-2-6-11-21;;/h1-13,18,24-25,29H,14-17,19H2;2*1H/t24-;;/m0../s1. The fourth-order valence-electron chi connectivity index (χ4n) is 4.19. The summed E-state index contributed by atoms with van der Waals surface area (Å²) in [6.45, 7) is 4.40. The maximum atomic E-state index is 11.2. The molecule has 0 amide bonds. The van der Waals surface area contributed by atoms with Crippen molar-refractivity contribution < 1.29 is 5.11 Å². The molecule has 4 rings (SSSR count). The van der Waals surface area contributed by atoms with Gasteiger partial charge in [-0.2, -0.15) is 0 Å². The Kier molecular flexibility index (Phi) is 10.1. The van der Waals surface area contributed by atoms with Crippen LogP contribution in [0, 0.1) is 0 Å². The summed E-state index contributed by atoms with van der Waals surface area (Å²) in [6.07, 6.45) is -0.461. The van der Waals surface area contributed by atoms with Gasteiger partial charge in [-0.05, 0) is 29.3 Å². The summed E-state index contributed by atoms with van der Waals surface area (Å²) in [5.41, 5.74) is 3.48. The van der Waals surface area contributed by atoms with Crippen LogP contribution in [0.15, 0.2) is 84.9 Å². The van der Waals surface area contributed by atoms with Crippen molar-refractivity contribution in [3.05, 3.63) is 101 Å². The Bertz CT molecular complexity index is 863. The third kappa shape index (κ3) is 6.61. The SMILES string of the molecule is Cl.Cl.O[C@@H](CN1CCN(c2cccc(Cl)c2)CC1)C(c1ccccc1)c1ccccc1. The number of hydrogen-bond acceptors (Lipinski definition) is 3. The average Bonchev–Trinajstić information content (AvgIpc) is 2.76. The molecule has 0 unspecified atom stereocenters. The molecule has 31 heavy (non-hydrogen) atoms. The maximum absolute atomic E-state index is 11.2. The molecule has 3 aromatic rings. The first kappa shape index (κ1) is 25.5. The minimum Gasteiger partial charge on any atom is -0.391 e. The summed E-state index contributed by atoms with van der Waals surface area (Å²) < 4.78 is 0. The van der Waals surface area contributed by atoms with Crippen LogP contribution in [0.5, 0.6) is 0 Å². The molecule has 0 aliphatic carbocycles. The van der Waals surface area contributed by atoms with Crippen molar-refractivity contribution in [2.45, 2.75) is 12.0 Å². The van der Waals surface area contributed by atoms with Gasteiger partial charge in [-0.3, -0.25) is 4.90 Å². The topological polar surface area (TPSA) is 26.7 Å². The number of halogens is 3. The number of β-amino-alcohol motifs (C(OH)–C–C–N with tert-alkyl or cyclic N) is 1. The van der Waals surface area contributed by atoms with E-state index in [2.05, 4.69) is 40.1 Å². The zero-order chi connectivity index (χ0) is 20.1. The predicted molar refractivity (Wildman–Crippen MR) is 135 cm³/mol. The molecule has 0 spiro atoms. The first-order valence-electron chi connectivity index (χ1n) is 10.2. The summed E-state index contributed by atoms with van der Waals surface area (Å²) in [6, 6.07) is 28.7. The van der Waals surface area contributed by atoms with Crippen LogP contribution in [0.3, 0.4) is 0 Å². The molecule has 1 atom stereocenters. The smallest absolute Gasteiger partial charge is 0.0776 e. The Balaban J connectivity index is 0.00000171. The van der Waals surface area contributed by atoms with E-state index in [0.29, 0.717) is 6.54 Å². The number of benzene rings is 3. The molecule has 1 aliphatic heterocycles. The Labute approximate surface area is 202 Å². The molecule has 0 saturated carbocycles. The van der Waals surface area contributed by atoms with Gasteiger partial charge in [-0.25, -0.2) is 0 Å². The van der Waals surface area contributed by atoms with E-state index in [1.165, 1.54) is 5.69 Å². The first-order valence-corrected chi connectivity index (χ1v) is 10.6. The quantitative estimate of drug-likeness (QED) is 0.506. The van der Waals surface area contributed by atoms with Crippen molar-refractivity contribution in [1.82, 2.24) is 4.90 Å². The van der Waals surface area contributed by atoms with E-state index in [0.717, 1.165) is 42.3 Å². The second-order valence-electron chi connectivity index (χ2n) is 7.63. The molecule has 166 valence electrons. The highest BCUT2D eigenvalue weighted by molar-refractivity contribution is 6.30. The monoisotopic (exact) mass is 478 g/mol. The van der Waals surface area contributed by atoms with Crippen molar-refractivity contribution in [3.63, 3.8) is 0 Å². The van der Waals surface area contributed by atoms with Gasteiger partial charge in [0.05, 0.1) is 6.10 Å². The van der Waals surface area contributed by atoms with E-state index in [1.807, 2.05) is 54.6 Å². The van der Waals surface area contributed by atoms with Crippen LogP contribution in [0.2, 0.25) is 5.02 Å². The largest absolute Gasteiger partial charge is 0.391 e. The van der Waals surface area contributed by atoms with E-state index in [4.69, 9.17) is 11.6 Å². The molecular formula is C25H29Cl3N2O. The van der Waals surface area contributed by atoms with Crippen LogP contribution in [0.25, 0.3) is 0 Å². The minimum absolute atomic E-state index is 0. The molecule has 0 aromatic heterocycles. The van der Waals surface area contributed by atoms with Gasteiger partial charge in [-0.1, -0.05) is 78.3 Å². The summed E-state index contributed by atoms with van der Waals surface area (Å²) >= 11 is 6.14. The highest BCUT2D eigenvalue weighted by Gasteiger charge is 2.27. The van der Waals surface area contributed by atoms with Gasteiger partial charge in [0.2, 0.25) is 0 Å². The molecule has 1 N–H and O–H groups in total. The van der Waals surface area contributed by atoms with Crippen molar-refractivity contribution in [1.29, 1.82) is 0 Å². The number of aliphatic hydroxyl groups excluding tert-OH is 1. The van der Waals surface area contributed by atoms with Gasteiger partial charge < -0.3 is 10.0 Å². The lowest BCUT2D eigenvalue weighted by molar-refractivity contribution is 0.0962. The van der Waals surface area contributed by atoms with Gasteiger partial charge in [0, 0.05) is 49.4 Å². The van der Waals surface area contributed by atoms with E-state index < -0.39 is 6.10 Å². The van der Waals surface area contributed by atoms with Crippen LogP contribution >= 0.6 is 36.4 Å². The average molecular weight is 480 g/mol. The highest BCUT2D eigenvalue weighted by Crippen LogP contribution is 2.29. The normalized spacial score (nSPS) is 15.1. The molecule has 6 heteroatoms. The van der Waals surface area contributed by atoms with E-state index in [9.17, 15) is 5.11 Å². The third-order valence-electron chi connectivity index (χ3n) is 5.69. The molecule has 0 radical (unpaired) electrons. The van der Waals surface area contributed by atoms with E-state index in [-0.39, 0.29) is 30.7 Å². The second-order valence-corrected chi connectivity index (χ2v) is 8.07. The van der Waals surface area contributed by atoms with Crippen LogP contribution in [-0.2, 0) is 0 Å². The number of nitrogens with zero attached hydrogens (tertiary/aromatic N) is 2. The van der Waals surface area contributed by atoms with Crippen molar-refractivity contribution in [2.75, 3.05) is 37.6 Å². The number of hydrogen-bond donors (Lipinski definition) is 1. The third-order valence-corrected chi connectivity index (χ3v) is 5.93. The number of aliphatic hydroxyl groups is 1. The van der Waals surface area contributed by atoms with Crippen LogP contribution in [0.1, 0.15) is 17.0 Å². The molecule has 1 saturated heterocycles. The molecule has 3 aromatic carbocycles. The molecule has 0 bridgehead atoms. The van der Waals surface area contributed by atoms with Gasteiger partial charge in [0.25, 0.3) is 0 Å². The summed E-state index contributed by atoms with van der Waals surface area (Å²) in [4.78, 5) is 4.73. The highest BCUT2D eigenvalue weighted by atomic mass is 35.5. The van der Waals surface area contributed by atoms with Crippen LogP contribution in [-0.4, -0.2) is 48.8 Å². The Morgan fingerprint density at radius 3 is 1.81 bits per heavy atom. The van der Waals surface area contributed by atoms with Crippen molar-refractivity contribution >= 4 is 42.1 Å². The van der Waals surface area contributed by atoms with Crippen LogP contribution in [0.4, 0.5) is 5.69 Å². The van der Waals surface area contributed by atoms with Gasteiger partial charge in [0.15, 0.2) is 0 Å². The fraction of sp³-hybridized carbons (Fsp3) is 0.280. The summed E-state index contributed by atoms with van der Waals surface area (Å²) in [5.74, 6) is -0.0247. The summed E-state index contributed by atoms with van der Waals surface area (Å²) in [5, 5.41) is 12.0. The number of piperazine rings is 1. The molecule has 3 nitrogen and oxygen atoms in total. The first-order chi connectivity index (χ1) is 14.2. The zero-order valence-corrected chi connectivity index (χ0v) is 19.7. The zero-order valence-electron chi connectivity index (χ0n) is 17.3. The lowest BCUT2D eigenvalue weighted by Gasteiger charge is -2.38.